The highest BCUT2D eigenvalue weighted by atomic mass is 35.5. The molecule has 4 aromatic rings. The van der Waals surface area contributed by atoms with Crippen molar-refractivity contribution in [1.82, 2.24) is 14.5 Å². The maximum atomic E-state index is 14.8. The van der Waals surface area contributed by atoms with Crippen LogP contribution < -0.4 is 9.47 Å². The topological polar surface area (TPSA) is 72.5 Å². The minimum Gasteiger partial charge on any atom is -0.444 e. The summed E-state index contributed by atoms with van der Waals surface area (Å²) >= 11 is 5.97. The molecule has 0 radical (unpaired) electrons. The van der Waals surface area contributed by atoms with Gasteiger partial charge in [-0.2, -0.15) is 5.26 Å². The Morgan fingerprint density at radius 3 is 2.66 bits per heavy atom. The summed E-state index contributed by atoms with van der Waals surface area (Å²) in [4.78, 5) is 7.40. The van der Waals surface area contributed by atoms with Crippen LogP contribution >= 0.6 is 11.6 Å². The van der Waals surface area contributed by atoms with Crippen molar-refractivity contribution in [2.45, 2.75) is 57.1 Å². The van der Waals surface area contributed by atoms with Gasteiger partial charge in [0.2, 0.25) is 0 Å². The van der Waals surface area contributed by atoms with Crippen LogP contribution in [0.2, 0.25) is 5.02 Å². The molecule has 7 nitrogen and oxygen atoms in total. The highest BCUT2D eigenvalue weighted by molar-refractivity contribution is 6.30. The second kappa shape index (κ2) is 10.3. The van der Waals surface area contributed by atoms with Gasteiger partial charge < -0.3 is 18.8 Å². The molecule has 9 heteroatoms. The first kappa shape index (κ1) is 26.3. The van der Waals surface area contributed by atoms with Crippen LogP contribution in [0.5, 0.6) is 11.5 Å². The summed E-state index contributed by atoms with van der Waals surface area (Å²) in [5.74, 6) is 0.901. The zero-order chi connectivity index (χ0) is 28.1. The first-order valence-electron chi connectivity index (χ1n) is 14.1. The Balaban J connectivity index is 1.08. The second-order valence-corrected chi connectivity index (χ2v) is 11.7. The number of halogens is 2. The van der Waals surface area contributed by atoms with Gasteiger partial charge in [0.25, 0.3) is 5.79 Å². The molecule has 3 aliphatic heterocycles. The first-order valence-corrected chi connectivity index (χ1v) is 14.5. The van der Waals surface area contributed by atoms with Crippen molar-refractivity contribution < 1.29 is 18.6 Å². The number of imidazole rings is 1. The van der Waals surface area contributed by atoms with E-state index in [1.807, 2.05) is 30.3 Å². The van der Waals surface area contributed by atoms with Gasteiger partial charge in [-0.25, -0.2) is 9.37 Å². The zero-order valence-corrected chi connectivity index (χ0v) is 23.5. The largest absolute Gasteiger partial charge is 0.444 e. The third kappa shape index (κ3) is 4.82. The number of nitrogens with zero attached hydrogens (tertiary/aromatic N) is 4. The number of piperidine rings is 1. The Labute approximate surface area is 243 Å². The van der Waals surface area contributed by atoms with Gasteiger partial charge in [0.05, 0.1) is 47.4 Å². The lowest BCUT2D eigenvalue weighted by molar-refractivity contribution is -0.0712. The molecule has 0 aliphatic carbocycles. The molecule has 0 bridgehead atoms. The number of benzene rings is 3. The van der Waals surface area contributed by atoms with Crippen LogP contribution in [0.3, 0.4) is 0 Å². The lowest BCUT2D eigenvalue weighted by atomic mass is 9.88. The summed E-state index contributed by atoms with van der Waals surface area (Å²) in [7, 11) is 0. The van der Waals surface area contributed by atoms with Crippen LogP contribution in [0.15, 0.2) is 54.6 Å². The van der Waals surface area contributed by atoms with Crippen LogP contribution in [0, 0.1) is 17.1 Å². The number of hydrogen-bond acceptors (Lipinski definition) is 6. The fourth-order valence-electron chi connectivity index (χ4n) is 6.24. The number of ether oxygens (including phenoxy) is 3. The van der Waals surface area contributed by atoms with Crippen molar-refractivity contribution in [3.05, 3.63) is 88.0 Å². The summed E-state index contributed by atoms with van der Waals surface area (Å²) in [6.45, 7) is 5.84. The molecule has 3 aliphatic rings. The maximum Gasteiger partial charge on any atom is 0.278 e. The second-order valence-electron chi connectivity index (χ2n) is 11.2. The zero-order valence-electron chi connectivity index (χ0n) is 22.8. The van der Waals surface area contributed by atoms with E-state index < -0.39 is 11.6 Å². The van der Waals surface area contributed by atoms with Gasteiger partial charge in [-0.3, -0.25) is 4.90 Å². The minimum absolute atomic E-state index is 0.192. The van der Waals surface area contributed by atoms with Gasteiger partial charge in [-0.1, -0.05) is 23.7 Å². The normalized spacial score (nSPS) is 22.5. The van der Waals surface area contributed by atoms with E-state index in [1.165, 1.54) is 6.07 Å². The Morgan fingerprint density at radius 2 is 1.93 bits per heavy atom. The molecule has 2 saturated heterocycles. The minimum atomic E-state index is -1.26. The molecule has 2 fully saturated rings. The van der Waals surface area contributed by atoms with E-state index in [2.05, 4.69) is 21.6 Å². The highest BCUT2D eigenvalue weighted by Gasteiger charge is 2.43. The van der Waals surface area contributed by atoms with Crippen molar-refractivity contribution in [3.63, 3.8) is 0 Å². The van der Waals surface area contributed by atoms with Crippen LogP contribution in [0.25, 0.3) is 11.0 Å². The molecule has 210 valence electrons. The van der Waals surface area contributed by atoms with E-state index in [4.69, 9.17) is 30.8 Å². The predicted molar refractivity (Wildman–Crippen MR) is 153 cm³/mol. The maximum absolute atomic E-state index is 14.8. The van der Waals surface area contributed by atoms with E-state index >= 15 is 0 Å². The Kier molecular flexibility index (Phi) is 6.61. The number of aromatic nitrogens is 2. The fraction of sp³-hybridized carbons (Fsp3) is 0.375. The molecular weight excluding hydrogens is 543 g/mol. The SMILES string of the molecule is C[C@@]1(c2ccc(Cl)cc2F)Oc2cccc(C3CCN(Cc4nc5ccc(C#N)cc5n4C[C@@H]4CCO4)CC3)c2O1. The van der Waals surface area contributed by atoms with Crippen LogP contribution in [-0.4, -0.2) is 40.3 Å². The fourth-order valence-corrected chi connectivity index (χ4v) is 6.40. The molecule has 4 heterocycles. The van der Waals surface area contributed by atoms with Gasteiger partial charge in [0.1, 0.15) is 11.6 Å². The Morgan fingerprint density at radius 1 is 1.10 bits per heavy atom. The summed E-state index contributed by atoms with van der Waals surface area (Å²) in [6, 6.07) is 18.4. The van der Waals surface area contributed by atoms with Gasteiger partial charge in [0.15, 0.2) is 11.5 Å². The standard InChI is InChI=1S/C32H30ClFN4O3/c1-32(25-7-6-22(33)16-26(25)34)40-29-4-2-3-24(31(29)41-32)21-9-12-37(13-10-21)19-30-36-27-8-5-20(17-35)15-28(27)38(30)18-23-11-14-39-23/h2-8,15-16,21,23H,9-14,18-19H2,1H3/t23-,32+/m0/s1. The molecule has 0 N–H and O–H groups in total. The lowest BCUT2D eigenvalue weighted by Gasteiger charge is -2.33. The molecule has 1 aromatic heterocycles. The molecule has 7 rings (SSSR count). The number of hydrogen-bond donors (Lipinski definition) is 0. The molecule has 2 atom stereocenters. The highest BCUT2D eigenvalue weighted by Crippen LogP contribution is 2.49. The Hall–Kier alpha value is -3.64. The van der Waals surface area contributed by atoms with Crippen molar-refractivity contribution in [2.24, 2.45) is 0 Å². The van der Waals surface area contributed by atoms with E-state index in [9.17, 15) is 9.65 Å². The molecule has 0 amide bonds. The Bertz CT molecular complexity index is 1670. The third-order valence-electron chi connectivity index (χ3n) is 8.56. The van der Waals surface area contributed by atoms with Crippen LogP contribution in [0.4, 0.5) is 4.39 Å². The number of para-hydroxylation sites is 1. The smallest absolute Gasteiger partial charge is 0.278 e. The molecule has 41 heavy (non-hydrogen) atoms. The lowest BCUT2D eigenvalue weighted by Crippen LogP contribution is -2.35. The van der Waals surface area contributed by atoms with E-state index in [0.29, 0.717) is 33.6 Å². The monoisotopic (exact) mass is 572 g/mol. The van der Waals surface area contributed by atoms with Crippen LogP contribution in [0.1, 0.15) is 54.6 Å². The number of rotatable bonds is 6. The van der Waals surface area contributed by atoms with Gasteiger partial charge >= 0.3 is 0 Å². The molecular formula is C32H30ClFN4O3. The molecule has 3 aromatic carbocycles. The van der Waals surface area contributed by atoms with Gasteiger partial charge in [-0.15, -0.1) is 0 Å². The number of nitriles is 1. The first-order chi connectivity index (χ1) is 19.9. The summed E-state index contributed by atoms with van der Waals surface area (Å²) in [6.07, 6.45) is 3.14. The number of likely N-dealkylation sites (tertiary alicyclic amines) is 1. The number of fused-ring (bicyclic) bond motifs is 2. The molecule has 0 saturated carbocycles. The molecule has 0 spiro atoms. The van der Waals surface area contributed by atoms with Crippen molar-refractivity contribution in [1.29, 1.82) is 5.26 Å². The van der Waals surface area contributed by atoms with Gasteiger partial charge in [-0.05, 0) is 80.7 Å². The van der Waals surface area contributed by atoms with E-state index in [-0.39, 0.29) is 6.10 Å². The van der Waals surface area contributed by atoms with Crippen molar-refractivity contribution in [3.8, 4) is 17.6 Å². The predicted octanol–water partition coefficient (Wildman–Crippen LogP) is 6.51. The summed E-state index contributed by atoms with van der Waals surface area (Å²) in [5, 5.41) is 9.76. The summed E-state index contributed by atoms with van der Waals surface area (Å²) < 4.78 is 35.3. The average Bonchev–Trinajstić information content (AvgIpc) is 3.47. The summed E-state index contributed by atoms with van der Waals surface area (Å²) in [5.41, 5.74) is 3.94. The van der Waals surface area contributed by atoms with Crippen molar-refractivity contribution >= 4 is 22.6 Å². The quantitative estimate of drug-likeness (QED) is 0.262. The van der Waals surface area contributed by atoms with E-state index in [0.717, 1.165) is 74.5 Å². The van der Waals surface area contributed by atoms with Crippen LogP contribution in [-0.2, 0) is 23.6 Å². The van der Waals surface area contributed by atoms with Crippen molar-refractivity contribution in [2.75, 3.05) is 19.7 Å². The molecule has 0 unspecified atom stereocenters. The third-order valence-corrected chi connectivity index (χ3v) is 8.79. The van der Waals surface area contributed by atoms with Gasteiger partial charge in [0, 0.05) is 24.1 Å². The van der Waals surface area contributed by atoms with E-state index in [1.54, 1.807) is 19.1 Å². The average molecular weight is 573 g/mol.